The highest BCUT2D eigenvalue weighted by Gasteiger charge is 2.14. The minimum Gasteiger partial charge on any atom is -0.369 e. The minimum atomic E-state index is 0.945. The monoisotopic (exact) mass is 292 g/mol. The first-order valence-corrected chi connectivity index (χ1v) is 7.77. The minimum absolute atomic E-state index is 0.945. The fraction of sp³-hybridized carbons (Fsp3) is 0.278. The number of benzene rings is 1. The van der Waals surface area contributed by atoms with Crippen molar-refractivity contribution in [3.63, 3.8) is 0 Å². The average molecular weight is 292 g/mol. The molecule has 1 aromatic carbocycles. The Morgan fingerprint density at radius 2 is 1.73 bits per heavy atom. The first kappa shape index (κ1) is 13.3. The molecule has 22 heavy (non-hydrogen) atoms. The second-order valence-corrected chi connectivity index (χ2v) is 5.94. The molecule has 0 amide bonds. The van der Waals surface area contributed by atoms with Gasteiger partial charge in [-0.25, -0.2) is 4.98 Å². The Kier molecular flexibility index (Phi) is 3.31. The quantitative estimate of drug-likeness (QED) is 0.788. The number of fused-ring (bicyclic) bond motifs is 1. The average Bonchev–Trinajstić information content (AvgIpc) is 3.04. The number of rotatable bonds is 2. The molecule has 0 saturated carbocycles. The lowest BCUT2D eigenvalue weighted by atomic mass is 10.0. The maximum absolute atomic E-state index is 4.36. The Morgan fingerprint density at radius 3 is 2.50 bits per heavy atom. The van der Waals surface area contributed by atoms with Crippen LogP contribution in [0, 0.1) is 0 Å². The maximum atomic E-state index is 4.36. The van der Waals surface area contributed by atoms with Gasteiger partial charge < -0.3 is 14.8 Å². The highest BCUT2D eigenvalue weighted by Crippen LogP contribution is 2.28. The molecule has 4 rings (SSSR count). The van der Waals surface area contributed by atoms with Crippen LogP contribution in [0.15, 0.2) is 48.8 Å². The van der Waals surface area contributed by atoms with Crippen molar-refractivity contribution in [2.24, 2.45) is 0 Å². The summed E-state index contributed by atoms with van der Waals surface area (Å²) in [6.45, 7) is 4.48. The highest BCUT2D eigenvalue weighted by molar-refractivity contribution is 5.93. The summed E-state index contributed by atoms with van der Waals surface area (Å²) >= 11 is 0. The lowest BCUT2D eigenvalue weighted by Gasteiger charge is -2.34. The lowest BCUT2D eigenvalue weighted by molar-refractivity contribution is 0.313. The second kappa shape index (κ2) is 5.46. The van der Waals surface area contributed by atoms with E-state index in [0.29, 0.717) is 0 Å². The molecule has 0 bridgehead atoms. The number of nitrogens with one attached hydrogen (secondary N) is 1. The maximum Gasteiger partial charge on any atom is 0.137 e. The third kappa shape index (κ3) is 2.35. The van der Waals surface area contributed by atoms with E-state index in [1.165, 1.54) is 22.2 Å². The summed E-state index contributed by atoms with van der Waals surface area (Å²) in [5, 5.41) is 1.18. The molecule has 1 aliphatic heterocycles. The van der Waals surface area contributed by atoms with Gasteiger partial charge in [0.2, 0.25) is 0 Å². The number of likely N-dealkylation sites (N-methyl/N-ethyl adjacent to an activating group) is 1. The normalized spacial score (nSPS) is 16.3. The third-order valence-electron chi connectivity index (χ3n) is 4.51. The number of H-pyrrole nitrogens is 1. The molecule has 3 aromatic rings. The number of aromatic amines is 1. The zero-order valence-electron chi connectivity index (χ0n) is 12.8. The van der Waals surface area contributed by atoms with Crippen molar-refractivity contribution >= 4 is 16.7 Å². The van der Waals surface area contributed by atoms with Gasteiger partial charge in [0.25, 0.3) is 0 Å². The molecule has 1 saturated heterocycles. The molecule has 1 fully saturated rings. The van der Waals surface area contributed by atoms with Gasteiger partial charge in [0.1, 0.15) is 5.65 Å². The van der Waals surface area contributed by atoms with Crippen LogP contribution in [0.5, 0.6) is 0 Å². The Morgan fingerprint density at radius 1 is 0.955 bits per heavy atom. The van der Waals surface area contributed by atoms with Crippen LogP contribution >= 0.6 is 0 Å². The molecular weight excluding hydrogens is 272 g/mol. The number of hydrogen-bond acceptors (Lipinski definition) is 3. The molecule has 0 atom stereocenters. The Labute approximate surface area is 130 Å². The molecule has 2 aromatic heterocycles. The standard InChI is InChI=1S/C18H20N4/c1-21-10-12-22(13-11-21)15-4-2-14(3-5-15)16-6-8-19-18-17(16)7-9-20-18/h2-9H,10-13H2,1H3,(H,19,20). The van der Waals surface area contributed by atoms with E-state index in [2.05, 4.69) is 63.2 Å². The number of hydrogen-bond donors (Lipinski definition) is 1. The van der Waals surface area contributed by atoms with Gasteiger partial charge in [0.05, 0.1) is 0 Å². The number of aromatic nitrogens is 2. The van der Waals surface area contributed by atoms with E-state index in [4.69, 9.17) is 0 Å². The van der Waals surface area contributed by atoms with Gasteiger partial charge in [-0.2, -0.15) is 0 Å². The van der Waals surface area contributed by atoms with E-state index in [-0.39, 0.29) is 0 Å². The zero-order valence-corrected chi connectivity index (χ0v) is 12.8. The SMILES string of the molecule is CN1CCN(c2ccc(-c3ccnc4[nH]ccc34)cc2)CC1. The van der Waals surface area contributed by atoms with Crippen molar-refractivity contribution in [3.8, 4) is 11.1 Å². The van der Waals surface area contributed by atoms with E-state index in [1.807, 2.05) is 12.4 Å². The molecule has 1 N–H and O–H groups in total. The highest BCUT2D eigenvalue weighted by atomic mass is 15.2. The Hall–Kier alpha value is -2.33. The van der Waals surface area contributed by atoms with Crippen molar-refractivity contribution in [3.05, 3.63) is 48.8 Å². The van der Waals surface area contributed by atoms with Crippen LogP contribution in [0.2, 0.25) is 0 Å². The topological polar surface area (TPSA) is 35.2 Å². The predicted molar refractivity (Wildman–Crippen MR) is 91.2 cm³/mol. The van der Waals surface area contributed by atoms with Gasteiger partial charge in [-0.15, -0.1) is 0 Å². The van der Waals surface area contributed by atoms with E-state index in [1.54, 1.807) is 0 Å². The van der Waals surface area contributed by atoms with Crippen LogP contribution in [0.1, 0.15) is 0 Å². The molecule has 0 spiro atoms. The number of anilines is 1. The van der Waals surface area contributed by atoms with E-state index < -0.39 is 0 Å². The summed E-state index contributed by atoms with van der Waals surface area (Å²) in [6.07, 6.45) is 3.81. The van der Waals surface area contributed by atoms with Crippen molar-refractivity contribution in [1.82, 2.24) is 14.9 Å². The number of nitrogens with zero attached hydrogens (tertiary/aromatic N) is 3. The summed E-state index contributed by atoms with van der Waals surface area (Å²) in [5.41, 5.74) is 4.73. The van der Waals surface area contributed by atoms with E-state index in [9.17, 15) is 0 Å². The summed E-state index contributed by atoms with van der Waals surface area (Å²) in [6, 6.07) is 13.1. The molecule has 112 valence electrons. The first-order chi connectivity index (χ1) is 10.8. The molecule has 1 aliphatic rings. The van der Waals surface area contributed by atoms with Gasteiger partial charge in [-0.05, 0) is 42.4 Å². The number of piperazine rings is 1. The number of pyridine rings is 1. The van der Waals surface area contributed by atoms with Crippen LogP contribution in [0.3, 0.4) is 0 Å². The largest absolute Gasteiger partial charge is 0.369 e. The summed E-state index contributed by atoms with van der Waals surface area (Å²) in [7, 11) is 2.19. The van der Waals surface area contributed by atoms with Crippen LogP contribution in [-0.2, 0) is 0 Å². The smallest absolute Gasteiger partial charge is 0.137 e. The van der Waals surface area contributed by atoms with Gasteiger partial charge in [0.15, 0.2) is 0 Å². The summed E-state index contributed by atoms with van der Waals surface area (Å²) in [5.74, 6) is 0. The van der Waals surface area contributed by atoms with Crippen molar-refractivity contribution in [2.45, 2.75) is 0 Å². The van der Waals surface area contributed by atoms with Crippen molar-refractivity contribution in [2.75, 3.05) is 38.1 Å². The first-order valence-electron chi connectivity index (χ1n) is 7.77. The second-order valence-electron chi connectivity index (χ2n) is 5.94. The fourth-order valence-electron chi connectivity index (χ4n) is 3.13. The predicted octanol–water partition coefficient (Wildman–Crippen LogP) is 2.98. The van der Waals surface area contributed by atoms with Crippen LogP contribution in [0.4, 0.5) is 5.69 Å². The van der Waals surface area contributed by atoms with Crippen LogP contribution in [-0.4, -0.2) is 48.1 Å². The summed E-state index contributed by atoms with van der Waals surface area (Å²) < 4.78 is 0. The van der Waals surface area contributed by atoms with Crippen molar-refractivity contribution < 1.29 is 0 Å². The Bertz CT molecular complexity index is 767. The lowest BCUT2D eigenvalue weighted by Crippen LogP contribution is -2.44. The molecule has 0 unspecified atom stereocenters. The van der Waals surface area contributed by atoms with Gasteiger partial charge in [-0.3, -0.25) is 0 Å². The molecule has 3 heterocycles. The van der Waals surface area contributed by atoms with Gasteiger partial charge in [0, 0.05) is 49.6 Å². The van der Waals surface area contributed by atoms with Gasteiger partial charge >= 0.3 is 0 Å². The van der Waals surface area contributed by atoms with Crippen LogP contribution in [0.25, 0.3) is 22.2 Å². The molecule has 0 radical (unpaired) electrons. The zero-order chi connectivity index (χ0) is 14.9. The summed E-state index contributed by atoms with van der Waals surface area (Å²) in [4.78, 5) is 12.4. The van der Waals surface area contributed by atoms with E-state index >= 15 is 0 Å². The molecular formula is C18H20N4. The Balaban J connectivity index is 1.63. The fourth-order valence-corrected chi connectivity index (χ4v) is 3.13. The third-order valence-corrected chi connectivity index (χ3v) is 4.51. The van der Waals surface area contributed by atoms with E-state index in [0.717, 1.165) is 31.8 Å². The molecule has 4 heteroatoms. The van der Waals surface area contributed by atoms with Gasteiger partial charge in [-0.1, -0.05) is 12.1 Å². The van der Waals surface area contributed by atoms with Crippen molar-refractivity contribution in [1.29, 1.82) is 0 Å². The molecule has 4 nitrogen and oxygen atoms in total. The molecule has 0 aliphatic carbocycles. The van der Waals surface area contributed by atoms with Crippen LogP contribution < -0.4 is 4.90 Å².